The van der Waals surface area contributed by atoms with E-state index in [1.54, 1.807) is 0 Å². The number of nitrogens with zero attached hydrogens (tertiary/aromatic N) is 1. The van der Waals surface area contributed by atoms with Crippen LogP contribution in [0.1, 0.15) is 63.9 Å². The zero-order valence-electron chi connectivity index (χ0n) is 17.9. The Hall–Kier alpha value is -2.55. The van der Waals surface area contributed by atoms with Crippen LogP contribution in [0.15, 0.2) is 60.8 Å². The maximum absolute atomic E-state index is 12.7. The Labute approximate surface area is 174 Å². The number of aryl methyl sites for hydroxylation is 1. The van der Waals surface area contributed by atoms with Crippen LogP contribution >= 0.6 is 0 Å². The molecule has 0 aliphatic heterocycles. The number of rotatable bonds is 10. The van der Waals surface area contributed by atoms with Crippen LogP contribution in [-0.2, 0) is 11.8 Å². The summed E-state index contributed by atoms with van der Waals surface area (Å²) in [6, 6.07) is 17.9. The molecule has 0 aliphatic carbocycles. The average Bonchev–Trinajstić information content (AvgIpc) is 3.07. The number of hydrogen-bond donors (Lipinski definition) is 0. The average molecular weight is 392 g/mol. The molecule has 154 valence electrons. The molecule has 0 saturated heterocycles. The number of benzene rings is 2. The SMILES string of the molecule is CCCCCCC(CC(C)C(=O)Oc1ccccc1)c1cn(C)c2ccccc12. The second kappa shape index (κ2) is 10.3. The number of para-hydroxylation sites is 2. The van der Waals surface area contributed by atoms with Gasteiger partial charge in [-0.3, -0.25) is 4.79 Å². The van der Waals surface area contributed by atoms with E-state index in [1.807, 2.05) is 37.3 Å². The maximum atomic E-state index is 12.7. The van der Waals surface area contributed by atoms with E-state index in [9.17, 15) is 4.79 Å². The Bertz CT molecular complexity index is 913. The lowest BCUT2D eigenvalue weighted by molar-refractivity contribution is -0.138. The van der Waals surface area contributed by atoms with Gasteiger partial charge in [0.1, 0.15) is 5.75 Å². The molecule has 0 saturated carbocycles. The highest BCUT2D eigenvalue weighted by Crippen LogP contribution is 2.35. The Balaban J connectivity index is 1.76. The van der Waals surface area contributed by atoms with E-state index in [4.69, 9.17) is 4.74 Å². The summed E-state index contributed by atoms with van der Waals surface area (Å²) in [4.78, 5) is 12.7. The van der Waals surface area contributed by atoms with E-state index in [-0.39, 0.29) is 11.9 Å². The summed E-state index contributed by atoms with van der Waals surface area (Å²) in [5.41, 5.74) is 2.61. The van der Waals surface area contributed by atoms with E-state index in [0.717, 1.165) is 12.8 Å². The lowest BCUT2D eigenvalue weighted by Gasteiger charge is -2.20. The first kappa shape index (κ1) is 21.2. The molecule has 2 unspecified atom stereocenters. The van der Waals surface area contributed by atoms with Gasteiger partial charge in [-0.05, 0) is 42.5 Å². The highest BCUT2D eigenvalue weighted by atomic mass is 16.5. The summed E-state index contributed by atoms with van der Waals surface area (Å²) < 4.78 is 7.81. The van der Waals surface area contributed by atoms with Gasteiger partial charge in [-0.2, -0.15) is 0 Å². The van der Waals surface area contributed by atoms with E-state index in [1.165, 1.54) is 42.1 Å². The van der Waals surface area contributed by atoms with Crippen molar-refractivity contribution >= 4 is 16.9 Å². The number of ether oxygens (including phenoxy) is 1. The molecule has 0 aliphatic rings. The Kier molecular flexibility index (Phi) is 7.51. The van der Waals surface area contributed by atoms with E-state index < -0.39 is 0 Å². The van der Waals surface area contributed by atoms with Crippen molar-refractivity contribution in [1.82, 2.24) is 4.57 Å². The Morgan fingerprint density at radius 3 is 2.48 bits per heavy atom. The van der Waals surface area contributed by atoms with Crippen molar-refractivity contribution < 1.29 is 9.53 Å². The molecule has 2 aromatic carbocycles. The molecule has 0 amide bonds. The van der Waals surface area contributed by atoms with Gasteiger partial charge in [0.05, 0.1) is 5.92 Å². The van der Waals surface area contributed by atoms with Gasteiger partial charge in [-0.1, -0.05) is 75.9 Å². The molecule has 1 aromatic heterocycles. The Morgan fingerprint density at radius 1 is 1.00 bits per heavy atom. The van der Waals surface area contributed by atoms with Crippen LogP contribution in [-0.4, -0.2) is 10.5 Å². The van der Waals surface area contributed by atoms with Crippen LogP contribution < -0.4 is 4.74 Å². The van der Waals surface area contributed by atoms with Crippen LogP contribution in [0.5, 0.6) is 5.75 Å². The quantitative estimate of drug-likeness (QED) is 0.215. The molecule has 0 radical (unpaired) electrons. The van der Waals surface area contributed by atoms with Gasteiger partial charge in [0.2, 0.25) is 0 Å². The Morgan fingerprint density at radius 2 is 1.72 bits per heavy atom. The van der Waals surface area contributed by atoms with Gasteiger partial charge in [0.25, 0.3) is 0 Å². The number of hydrogen-bond acceptors (Lipinski definition) is 2. The number of carbonyl (C=O) groups is 1. The standard InChI is InChI=1S/C26H33NO2/c1-4-5-6-8-13-21(24-19-27(3)25-17-12-11-16-23(24)25)18-20(2)26(28)29-22-14-9-7-10-15-22/h7,9-12,14-17,19-21H,4-6,8,13,18H2,1-3H3. The minimum atomic E-state index is -0.148. The highest BCUT2D eigenvalue weighted by Gasteiger charge is 2.24. The molecule has 29 heavy (non-hydrogen) atoms. The summed E-state index contributed by atoms with van der Waals surface area (Å²) >= 11 is 0. The third-order valence-electron chi connectivity index (χ3n) is 5.78. The third kappa shape index (κ3) is 5.50. The van der Waals surface area contributed by atoms with Crippen molar-refractivity contribution in [3.8, 4) is 5.75 Å². The smallest absolute Gasteiger partial charge is 0.314 e. The van der Waals surface area contributed by atoms with Crippen LogP contribution in [0.3, 0.4) is 0 Å². The first-order chi connectivity index (χ1) is 14.1. The molecule has 3 rings (SSSR count). The number of carbonyl (C=O) groups excluding carboxylic acids is 1. The van der Waals surface area contributed by atoms with Crippen molar-refractivity contribution in [3.05, 3.63) is 66.4 Å². The number of fused-ring (bicyclic) bond motifs is 1. The predicted octanol–water partition coefficient (Wildman–Crippen LogP) is 6.86. The van der Waals surface area contributed by atoms with Crippen LogP contribution in [0.25, 0.3) is 10.9 Å². The van der Waals surface area contributed by atoms with Crippen molar-refractivity contribution in [2.24, 2.45) is 13.0 Å². The fraction of sp³-hybridized carbons (Fsp3) is 0.423. The van der Waals surface area contributed by atoms with E-state index in [0.29, 0.717) is 11.7 Å². The number of aromatic nitrogens is 1. The molecule has 0 spiro atoms. The van der Waals surface area contributed by atoms with Gasteiger partial charge in [-0.15, -0.1) is 0 Å². The second-order valence-electron chi connectivity index (χ2n) is 8.13. The first-order valence-corrected chi connectivity index (χ1v) is 10.9. The highest BCUT2D eigenvalue weighted by molar-refractivity contribution is 5.84. The van der Waals surface area contributed by atoms with Crippen LogP contribution in [0.4, 0.5) is 0 Å². The minimum Gasteiger partial charge on any atom is -0.426 e. The number of esters is 1. The summed E-state index contributed by atoms with van der Waals surface area (Å²) in [5, 5.41) is 1.30. The lowest BCUT2D eigenvalue weighted by atomic mass is 9.85. The van der Waals surface area contributed by atoms with Crippen molar-refractivity contribution in [2.75, 3.05) is 0 Å². The second-order valence-corrected chi connectivity index (χ2v) is 8.13. The van der Waals surface area contributed by atoms with Gasteiger partial charge in [0, 0.05) is 24.1 Å². The van der Waals surface area contributed by atoms with Crippen molar-refractivity contribution in [3.63, 3.8) is 0 Å². The molecular weight excluding hydrogens is 358 g/mol. The first-order valence-electron chi connectivity index (χ1n) is 10.9. The predicted molar refractivity (Wildman–Crippen MR) is 120 cm³/mol. The van der Waals surface area contributed by atoms with E-state index >= 15 is 0 Å². The van der Waals surface area contributed by atoms with Crippen LogP contribution in [0.2, 0.25) is 0 Å². The summed E-state index contributed by atoms with van der Waals surface area (Å²) in [7, 11) is 2.10. The molecule has 3 aromatic rings. The van der Waals surface area contributed by atoms with Gasteiger partial charge >= 0.3 is 5.97 Å². The normalized spacial score (nSPS) is 13.3. The number of unbranched alkanes of at least 4 members (excludes halogenated alkanes) is 3. The minimum absolute atomic E-state index is 0.144. The third-order valence-corrected chi connectivity index (χ3v) is 5.78. The van der Waals surface area contributed by atoms with Crippen molar-refractivity contribution in [1.29, 1.82) is 0 Å². The summed E-state index contributed by atoms with van der Waals surface area (Å²) in [5.74, 6) is 0.686. The lowest BCUT2D eigenvalue weighted by Crippen LogP contribution is -2.20. The van der Waals surface area contributed by atoms with Gasteiger partial charge in [-0.25, -0.2) is 0 Å². The molecule has 0 N–H and O–H groups in total. The zero-order valence-corrected chi connectivity index (χ0v) is 17.9. The maximum Gasteiger partial charge on any atom is 0.314 e. The molecular formula is C26H33NO2. The summed E-state index contributed by atoms with van der Waals surface area (Å²) in [6.45, 7) is 4.24. The topological polar surface area (TPSA) is 31.2 Å². The molecule has 0 bridgehead atoms. The van der Waals surface area contributed by atoms with E-state index in [2.05, 4.69) is 49.0 Å². The fourth-order valence-corrected chi connectivity index (χ4v) is 4.14. The van der Waals surface area contributed by atoms with Crippen molar-refractivity contribution in [2.45, 2.75) is 58.3 Å². The molecule has 3 heteroatoms. The fourth-order valence-electron chi connectivity index (χ4n) is 4.14. The molecule has 0 fully saturated rings. The largest absolute Gasteiger partial charge is 0.426 e. The summed E-state index contributed by atoms with van der Waals surface area (Å²) in [6.07, 6.45) is 9.13. The van der Waals surface area contributed by atoms with Crippen LogP contribution in [0, 0.1) is 5.92 Å². The van der Waals surface area contributed by atoms with Gasteiger partial charge < -0.3 is 9.30 Å². The monoisotopic (exact) mass is 391 g/mol. The van der Waals surface area contributed by atoms with Gasteiger partial charge in [0.15, 0.2) is 0 Å². The molecule has 1 heterocycles. The zero-order chi connectivity index (χ0) is 20.6. The molecule has 3 nitrogen and oxygen atoms in total. The molecule has 2 atom stereocenters.